The van der Waals surface area contributed by atoms with Crippen molar-refractivity contribution < 1.29 is 14.0 Å². The number of ketones is 1. The Morgan fingerprint density at radius 3 is 2.28 bits per heavy atom. The lowest BCUT2D eigenvalue weighted by atomic mass is 9.61. The molecular weight excluding hydrogens is 407 g/mol. The Balaban J connectivity index is 1.56. The topological polar surface area (TPSA) is 73.5 Å². The summed E-state index contributed by atoms with van der Waals surface area (Å²) in [6, 6.07) is 7.15. The number of rotatable bonds is 9. The zero-order chi connectivity index (χ0) is 23.5. The van der Waals surface area contributed by atoms with Gasteiger partial charge >= 0.3 is 0 Å². The molecule has 178 valence electrons. The zero-order valence-corrected chi connectivity index (χ0v) is 20.1. The largest absolute Gasteiger partial charge is 0.353 e. The van der Waals surface area contributed by atoms with Gasteiger partial charge in [-0.1, -0.05) is 18.2 Å². The van der Waals surface area contributed by atoms with Gasteiger partial charge in [-0.05, 0) is 85.3 Å². The van der Waals surface area contributed by atoms with E-state index in [9.17, 15) is 14.0 Å². The highest BCUT2D eigenvalue weighted by molar-refractivity contribution is 5.82. The highest BCUT2D eigenvalue weighted by Gasteiger charge is 2.55. The maximum Gasteiger partial charge on any atom is 0.220 e. The molecule has 0 aliphatic heterocycles. The minimum atomic E-state index is -0.504. The van der Waals surface area contributed by atoms with E-state index in [0.717, 1.165) is 37.7 Å². The molecule has 0 radical (unpaired) electrons. The lowest BCUT2D eigenvalue weighted by Gasteiger charge is -2.55. The minimum absolute atomic E-state index is 0.0448. The third kappa shape index (κ3) is 4.75. The lowest BCUT2D eigenvalue weighted by molar-refractivity contribution is -0.140. The molecule has 2 atom stereocenters. The number of halogens is 1. The highest BCUT2D eigenvalue weighted by atomic mass is 19.1. The number of Topliss-reactive ketones (excluding diaryl/α,β-unsaturated/α-hetero) is 1. The van der Waals surface area contributed by atoms with Crippen molar-refractivity contribution in [1.29, 1.82) is 0 Å². The molecule has 2 fully saturated rings. The number of amides is 1. The van der Waals surface area contributed by atoms with Crippen molar-refractivity contribution in [2.45, 2.75) is 69.1 Å². The minimum Gasteiger partial charge on any atom is -0.353 e. The molecule has 0 spiro atoms. The van der Waals surface area contributed by atoms with Gasteiger partial charge in [0, 0.05) is 29.8 Å². The van der Waals surface area contributed by atoms with Crippen LogP contribution < -0.4 is 16.0 Å². The fraction of sp³-hybridized carbons (Fsp3) is 0.680. The van der Waals surface area contributed by atoms with E-state index in [1.165, 1.54) is 6.07 Å². The van der Waals surface area contributed by atoms with Gasteiger partial charge in [0.2, 0.25) is 5.91 Å². The summed E-state index contributed by atoms with van der Waals surface area (Å²) in [7, 11) is 7.82. The van der Waals surface area contributed by atoms with Crippen molar-refractivity contribution in [3.05, 3.63) is 35.6 Å². The van der Waals surface area contributed by atoms with Crippen LogP contribution in [0.4, 0.5) is 4.39 Å². The molecule has 2 aliphatic rings. The predicted molar refractivity (Wildman–Crippen MR) is 125 cm³/mol. The van der Waals surface area contributed by atoms with Gasteiger partial charge in [-0.2, -0.15) is 0 Å². The molecule has 3 rings (SSSR count). The summed E-state index contributed by atoms with van der Waals surface area (Å²) in [5.74, 6) is 0.0166. The number of carbonyl (C=O) groups excluding carboxylic acids is 2. The molecule has 0 aromatic heterocycles. The fourth-order valence-electron chi connectivity index (χ4n) is 5.98. The fourth-order valence-corrected chi connectivity index (χ4v) is 5.98. The monoisotopic (exact) mass is 446 g/mol. The summed E-state index contributed by atoms with van der Waals surface area (Å²) in [6.07, 6.45) is 5.37. The Bertz CT molecular complexity index is 816. The average Bonchev–Trinajstić information content (AvgIpc) is 2.74. The molecule has 32 heavy (non-hydrogen) atoms. The van der Waals surface area contributed by atoms with Crippen molar-refractivity contribution in [3.63, 3.8) is 0 Å². The van der Waals surface area contributed by atoms with Crippen LogP contribution in [0.25, 0.3) is 0 Å². The van der Waals surface area contributed by atoms with Crippen LogP contribution in [0, 0.1) is 17.7 Å². The van der Waals surface area contributed by atoms with Crippen LogP contribution >= 0.6 is 0 Å². The van der Waals surface area contributed by atoms with Crippen molar-refractivity contribution in [2.24, 2.45) is 11.8 Å². The van der Waals surface area contributed by atoms with E-state index in [4.69, 9.17) is 0 Å². The van der Waals surface area contributed by atoms with E-state index in [2.05, 4.69) is 34.9 Å². The summed E-state index contributed by atoms with van der Waals surface area (Å²) in [4.78, 5) is 27.0. The molecule has 7 heteroatoms. The summed E-state index contributed by atoms with van der Waals surface area (Å²) in [5.41, 5.74) is 0.152. The molecule has 0 saturated heterocycles. The van der Waals surface area contributed by atoms with Gasteiger partial charge in [0.1, 0.15) is 11.6 Å². The molecule has 0 heterocycles. The zero-order valence-electron chi connectivity index (χ0n) is 20.1. The van der Waals surface area contributed by atoms with Crippen LogP contribution in [0.5, 0.6) is 0 Å². The van der Waals surface area contributed by atoms with E-state index in [0.29, 0.717) is 12.8 Å². The van der Waals surface area contributed by atoms with Gasteiger partial charge in [-0.3, -0.25) is 9.59 Å². The predicted octanol–water partition coefficient (Wildman–Crippen LogP) is 2.48. The van der Waals surface area contributed by atoms with Gasteiger partial charge in [-0.15, -0.1) is 0 Å². The molecule has 2 unspecified atom stereocenters. The standard InChI is InChI=1S/C25H39FN4O2/c1-17(31)21-14-19(25(21,27-2)28-3)15-23(32)29-20-10-12-24(13-11-20,30(4)5)16-18-8-6-7-9-22(18)26/h6-9,19-21,27-28H,10-16H2,1-5H3,(H,29,32). The van der Waals surface area contributed by atoms with Gasteiger partial charge in [0.15, 0.2) is 0 Å². The van der Waals surface area contributed by atoms with Gasteiger partial charge in [0.25, 0.3) is 0 Å². The Morgan fingerprint density at radius 2 is 1.75 bits per heavy atom. The molecule has 0 bridgehead atoms. The maximum absolute atomic E-state index is 14.3. The lowest BCUT2D eigenvalue weighted by Crippen LogP contribution is -2.73. The van der Waals surface area contributed by atoms with Crippen molar-refractivity contribution in [3.8, 4) is 0 Å². The van der Waals surface area contributed by atoms with Crippen LogP contribution in [0.15, 0.2) is 24.3 Å². The second-order valence-corrected chi connectivity index (χ2v) is 9.90. The van der Waals surface area contributed by atoms with E-state index in [1.807, 2.05) is 26.2 Å². The molecule has 6 nitrogen and oxygen atoms in total. The highest BCUT2D eigenvalue weighted by Crippen LogP contribution is 2.44. The van der Waals surface area contributed by atoms with E-state index in [1.54, 1.807) is 13.0 Å². The van der Waals surface area contributed by atoms with Crippen molar-refractivity contribution in [1.82, 2.24) is 20.9 Å². The third-order valence-corrected chi connectivity index (χ3v) is 8.17. The smallest absolute Gasteiger partial charge is 0.220 e. The Morgan fingerprint density at radius 1 is 1.12 bits per heavy atom. The van der Waals surface area contributed by atoms with Gasteiger partial charge < -0.3 is 20.9 Å². The number of carbonyl (C=O) groups is 2. The second-order valence-electron chi connectivity index (χ2n) is 9.90. The number of hydrogen-bond acceptors (Lipinski definition) is 5. The number of benzene rings is 1. The summed E-state index contributed by atoms with van der Waals surface area (Å²) < 4.78 is 14.3. The normalized spacial score (nSPS) is 29.4. The third-order valence-electron chi connectivity index (χ3n) is 8.17. The van der Waals surface area contributed by atoms with E-state index < -0.39 is 5.66 Å². The van der Waals surface area contributed by atoms with Crippen molar-refractivity contribution >= 4 is 11.7 Å². The molecule has 3 N–H and O–H groups in total. The van der Waals surface area contributed by atoms with Gasteiger partial charge in [0.05, 0.1) is 5.66 Å². The van der Waals surface area contributed by atoms with Crippen molar-refractivity contribution in [2.75, 3.05) is 28.2 Å². The second kappa shape index (κ2) is 9.98. The molecule has 1 aromatic rings. The molecule has 1 amide bonds. The van der Waals surface area contributed by atoms with E-state index in [-0.39, 0.29) is 40.9 Å². The number of likely N-dealkylation sites (N-methyl/N-ethyl adjacent to an activating group) is 1. The maximum atomic E-state index is 14.3. The first-order valence-electron chi connectivity index (χ1n) is 11.8. The summed E-state index contributed by atoms with van der Waals surface area (Å²) in [5, 5.41) is 9.74. The quantitative estimate of drug-likeness (QED) is 0.509. The Labute approximate surface area is 191 Å². The molecule has 2 saturated carbocycles. The summed E-state index contributed by atoms with van der Waals surface area (Å²) in [6.45, 7) is 1.62. The summed E-state index contributed by atoms with van der Waals surface area (Å²) >= 11 is 0. The molecular formula is C25H39FN4O2. The first-order valence-corrected chi connectivity index (χ1v) is 11.8. The van der Waals surface area contributed by atoms with Gasteiger partial charge in [-0.25, -0.2) is 4.39 Å². The molecule has 1 aromatic carbocycles. The SMILES string of the molecule is CNC1(NC)C(CC(=O)NC2CCC(Cc3ccccc3F)(N(C)C)CC2)CC1C(C)=O. The first-order chi connectivity index (χ1) is 15.2. The first kappa shape index (κ1) is 24.8. The van der Waals surface area contributed by atoms with Crippen LogP contribution in [0.3, 0.4) is 0 Å². The Kier molecular flexibility index (Phi) is 7.73. The Hall–Kier alpha value is -1.83. The average molecular weight is 447 g/mol. The number of nitrogens with zero attached hydrogens (tertiary/aromatic N) is 1. The van der Waals surface area contributed by atoms with Crippen LogP contribution in [-0.2, 0) is 16.0 Å². The number of nitrogens with one attached hydrogen (secondary N) is 3. The van der Waals surface area contributed by atoms with Crippen LogP contribution in [0.1, 0.15) is 51.0 Å². The molecule has 2 aliphatic carbocycles. The van der Waals surface area contributed by atoms with Crippen LogP contribution in [-0.4, -0.2) is 62.0 Å². The van der Waals surface area contributed by atoms with Crippen LogP contribution in [0.2, 0.25) is 0 Å². The number of hydrogen-bond donors (Lipinski definition) is 3. The van der Waals surface area contributed by atoms with E-state index >= 15 is 0 Å².